The third kappa shape index (κ3) is 5.45. The van der Waals surface area contributed by atoms with Crippen LogP contribution in [0.2, 0.25) is 0 Å². The first-order valence-electron chi connectivity index (χ1n) is 4.39. The summed E-state index contributed by atoms with van der Waals surface area (Å²) in [5.41, 5.74) is 0.996. The average molecular weight is 205 g/mol. The van der Waals surface area contributed by atoms with Crippen molar-refractivity contribution in [2.45, 2.75) is 27.1 Å². The summed E-state index contributed by atoms with van der Waals surface area (Å²) in [5.74, 6) is 0. The third-order valence-corrected chi connectivity index (χ3v) is 1.34. The van der Waals surface area contributed by atoms with Crippen molar-refractivity contribution in [2.24, 2.45) is 0 Å². The molecule has 80 valence electrons. The van der Waals surface area contributed by atoms with Crippen molar-refractivity contribution >= 4 is 5.69 Å². The molecule has 4 heteroatoms. The van der Waals surface area contributed by atoms with Gasteiger partial charge in [-0.2, -0.15) is 13.2 Å². The van der Waals surface area contributed by atoms with Crippen LogP contribution in [0.1, 0.15) is 19.4 Å². The van der Waals surface area contributed by atoms with Gasteiger partial charge in [-0.1, -0.05) is 31.5 Å². The Bertz CT molecular complexity index is 251. The number of nitrogens with one attached hydrogen (secondary N) is 1. The normalized spacial score (nSPS) is 10.1. The first-order valence-corrected chi connectivity index (χ1v) is 4.39. The smallest absolute Gasteiger partial charge is 0.298 e. The van der Waals surface area contributed by atoms with Gasteiger partial charge in [0.25, 0.3) is 0 Å². The van der Waals surface area contributed by atoms with Crippen molar-refractivity contribution in [1.82, 2.24) is 0 Å². The molecule has 1 rings (SSSR count). The second kappa shape index (κ2) is 5.52. The van der Waals surface area contributed by atoms with E-state index < -0.39 is 6.30 Å². The predicted molar refractivity (Wildman–Crippen MR) is 52.2 cm³/mol. The summed E-state index contributed by atoms with van der Waals surface area (Å²) in [6.07, 6.45) is -4.35. The highest BCUT2D eigenvalue weighted by atomic mass is 19.4. The first kappa shape index (κ1) is 12.8. The maximum atomic E-state index is 11.7. The molecule has 14 heavy (non-hydrogen) atoms. The quantitative estimate of drug-likeness (QED) is 0.684. The summed E-state index contributed by atoms with van der Waals surface area (Å²) in [5, 5.41) is 1.41. The van der Waals surface area contributed by atoms with E-state index in [1.807, 2.05) is 20.8 Å². The van der Waals surface area contributed by atoms with Crippen molar-refractivity contribution in [3.63, 3.8) is 0 Å². The van der Waals surface area contributed by atoms with Crippen LogP contribution < -0.4 is 5.32 Å². The average Bonchev–Trinajstić information content (AvgIpc) is 2.10. The summed E-state index contributed by atoms with van der Waals surface area (Å²) in [6, 6.07) is 6.02. The molecule has 0 atom stereocenters. The van der Waals surface area contributed by atoms with Crippen molar-refractivity contribution in [3.8, 4) is 0 Å². The van der Waals surface area contributed by atoms with Gasteiger partial charge in [0.1, 0.15) is 0 Å². The fourth-order valence-electron chi connectivity index (χ4n) is 0.801. The Morgan fingerprint density at radius 2 is 1.43 bits per heavy atom. The molecule has 0 amide bonds. The SMILES string of the molecule is CC.Cc1ccc(NC(F)(F)F)cc1. The van der Waals surface area contributed by atoms with E-state index in [-0.39, 0.29) is 5.69 Å². The van der Waals surface area contributed by atoms with Crippen LogP contribution in [0.15, 0.2) is 24.3 Å². The van der Waals surface area contributed by atoms with Crippen LogP contribution in [-0.4, -0.2) is 6.30 Å². The Morgan fingerprint density at radius 3 is 1.79 bits per heavy atom. The fourth-order valence-corrected chi connectivity index (χ4v) is 0.801. The summed E-state index contributed by atoms with van der Waals surface area (Å²) < 4.78 is 35.2. The van der Waals surface area contributed by atoms with E-state index in [0.717, 1.165) is 5.56 Å². The van der Waals surface area contributed by atoms with Crippen molar-refractivity contribution < 1.29 is 13.2 Å². The molecule has 0 fully saturated rings. The van der Waals surface area contributed by atoms with Gasteiger partial charge in [0.05, 0.1) is 0 Å². The zero-order valence-corrected chi connectivity index (χ0v) is 8.44. The molecule has 1 aromatic carbocycles. The van der Waals surface area contributed by atoms with Crippen molar-refractivity contribution in [1.29, 1.82) is 0 Å². The Kier molecular flexibility index (Phi) is 5.05. The molecule has 1 nitrogen and oxygen atoms in total. The van der Waals surface area contributed by atoms with Crippen LogP contribution in [0.4, 0.5) is 18.9 Å². The van der Waals surface area contributed by atoms with E-state index in [2.05, 4.69) is 0 Å². The highest BCUT2D eigenvalue weighted by Gasteiger charge is 2.26. The molecule has 0 spiro atoms. The van der Waals surface area contributed by atoms with Crippen LogP contribution in [0, 0.1) is 6.92 Å². The number of alkyl halides is 3. The largest absolute Gasteiger partial charge is 0.482 e. The summed E-state index contributed by atoms with van der Waals surface area (Å²) >= 11 is 0. The van der Waals surface area contributed by atoms with E-state index >= 15 is 0 Å². The minimum absolute atomic E-state index is 0.0631. The summed E-state index contributed by atoms with van der Waals surface area (Å²) in [7, 11) is 0. The van der Waals surface area contributed by atoms with Crippen molar-refractivity contribution in [3.05, 3.63) is 29.8 Å². The van der Waals surface area contributed by atoms with Gasteiger partial charge in [-0.3, -0.25) is 5.32 Å². The van der Waals surface area contributed by atoms with Crippen molar-refractivity contribution in [2.75, 3.05) is 5.32 Å². The molecule has 0 aliphatic heterocycles. The van der Waals surface area contributed by atoms with E-state index in [1.54, 1.807) is 12.1 Å². The molecule has 0 aliphatic rings. The molecular formula is C10H14F3N. The topological polar surface area (TPSA) is 12.0 Å². The van der Waals surface area contributed by atoms with Gasteiger partial charge in [-0.15, -0.1) is 0 Å². The minimum Gasteiger partial charge on any atom is -0.298 e. The van der Waals surface area contributed by atoms with E-state index in [4.69, 9.17) is 0 Å². The maximum Gasteiger partial charge on any atom is 0.482 e. The lowest BCUT2D eigenvalue weighted by molar-refractivity contribution is -0.0999. The number of hydrogen-bond acceptors (Lipinski definition) is 1. The fraction of sp³-hybridized carbons (Fsp3) is 0.400. The van der Waals surface area contributed by atoms with E-state index in [1.165, 1.54) is 17.4 Å². The molecule has 0 aromatic heterocycles. The molecule has 1 aromatic rings. The predicted octanol–water partition coefficient (Wildman–Crippen LogP) is 3.95. The van der Waals surface area contributed by atoms with Crippen LogP contribution in [-0.2, 0) is 0 Å². The summed E-state index contributed by atoms with van der Waals surface area (Å²) in [4.78, 5) is 0. The van der Waals surface area contributed by atoms with Crippen LogP contribution in [0.25, 0.3) is 0 Å². The van der Waals surface area contributed by atoms with Gasteiger partial charge in [0, 0.05) is 5.69 Å². The van der Waals surface area contributed by atoms with E-state index in [0.29, 0.717) is 0 Å². The lowest BCUT2D eigenvalue weighted by Gasteiger charge is -2.09. The van der Waals surface area contributed by atoms with Gasteiger partial charge in [-0.05, 0) is 19.1 Å². The third-order valence-electron chi connectivity index (χ3n) is 1.34. The molecule has 0 radical (unpaired) electrons. The lowest BCUT2D eigenvalue weighted by atomic mass is 10.2. The maximum absolute atomic E-state index is 11.7. The molecule has 0 heterocycles. The number of benzene rings is 1. The molecule has 0 unspecified atom stereocenters. The molecule has 0 aliphatic carbocycles. The Morgan fingerprint density at radius 1 is 1.00 bits per heavy atom. The molecule has 1 N–H and O–H groups in total. The lowest BCUT2D eigenvalue weighted by Crippen LogP contribution is -2.20. The van der Waals surface area contributed by atoms with E-state index in [9.17, 15) is 13.2 Å². The van der Waals surface area contributed by atoms with Gasteiger partial charge >= 0.3 is 6.30 Å². The van der Waals surface area contributed by atoms with Crippen LogP contribution in [0.5, 0.6) is 0 Å². The number of rotatable bonds is 1. The monoisotopic (exact) mass is 205 g/mol. The number of anilines is 1. The highest BCUT2D eigenvalue weighted by molar-refractivity contribution is 5.44. The number of aryl methyl sites for hydroxylation is 1. The summed E-state index contributed by atoms with van der Waals surface area (Å²) in [6.45, 7) is 5.82. The number of hydrogen-bond donors (Lipinski definition) is 1. The van der Waals surface area contributed by atoms with Gasteiger partial charge < -0.3 is 0 Å². The molecule has 0 saturated carbocycles. The second-order valence-electron chi connectivity index (χ2n) is 2.49. The zero-order chi connectivity index (χ0) is 11.2. The highest BCUT2D eigenvalue weighted by Crippen LogP contribution is 2.19. The second-order valence-corrected chi connectivity index (χ2v) is 2.49. The van der Waals surface area contributed by atoms with Crippen LogP contribution in [0.3, 0.4) is 0 Å². The molecule has 0 bridgehead atoms. The Labute approximate surface area is 81.9 Å². The first-order chi connectivity index (χ1) is 6.47. The number of halogens is 3. The zero-order valence-electron chi connectivity index (χ0n) is 8.44. The molecular weight excluding hydrogens is 191 g/mol. The Balaban J connectivity index is 0.000000791. The standard InChI is InChI=1S/C8H8F3N.C2H6/c1-6-2-4-7(5-3-6)12-8(9,10)11;1-2/h2-5,12H,1H3;1-2H3. The molecule has 0 saturated heterocycles. The Hall–Kier alpha value is -1.19. The van der Waals surface area contributed by atoms with Gasteiger partial charge in [-0.25, -0.2) is 0 Å². The van der Waals surface area contributed by atoms with Crippen LogP contribution >= 0.6 is 0 Å². The minimum atomic E-state index is -4.35. The van der Waals surface area contributed by atoms with Gasteiger partial charge in [0.2, 0.25) is 0 Å². The van der Waals surface area contributed by atoms with Gasteiger partial charge in [0.15, 0.2) is 0 Å².